The van der Waals surface area contributed by atoms with E-state index < -0.39 is 19.8 Å². The number of fused-ring (bicyclic) bond motifs is 1. The summed E-state index contributed by atoms with van der Waals surface area (Å²) in [6.45, 7) is 4.37. The summed E-state index contributed by atoms with van der Waals surface area (Å²) in [5, 5.41) is 2.78. The van der Waals surface area contributed by atoms with Crippen molar-refractivity contribution in [3.05, 3.63) is 45.0 Å². The molecule has 2 aromatic rings. The molecule has 0 unspecified atom stereocenters. The minimum absolute atomic E-state index is 0.827. The van der Waals surface area contributed by atoms with E-state index in [9.17, 15) is 0 Å². The van der Waals surface area contributed by atoms with Crippen molar-refractivity contribution in [2.24, 2.45) is 0 Å². The van der Waals surface area contributed by atoms with Crippen molar-refractivity contribution < 1.29 is 0 Å². The van der Waals surface area contributed by atoms with E-state index in [1.54, 1.807) is 3.57 Å². The Hall–Kier alpha value is -0.570. The molecule has 0 heterocycles. The maximum atomic E-state index is 2.39. The molecule has 2 rings (SSSR count). The average molecular weight is 312 g/mol. The molecule has 0 amide bonds. The Morgan fingerprint density at radius 1 is 0.800 bits per heavy atom. The normalized spacial score (nSPS) is 11.9. The van der Waals surface area contributed by atoms with E-state index in [4.69, 9.17) is 0 Å². The summed E-state index contributed by atoms with van der Waals surface area (Å²) in [7, 11) is 0. The molecule has 0 aliphatic rings. The van der Waals surface area contributed by atoms with Crippen LogP contribution in [0.5, 0.6) is 0 Å². The van der Waals surface area contributed by atoms with E-state index in [2.05, 4.69) is 54.0 Å². The summed E-state index contributed by atoms with van der Waals surface area (Å²) in [6, 6.07) is 11.6. The molecule has 0 aromatic heterocycles. The third-order valence-corrected chi connectivity index (χ3v) is 6.01. The van der Waals surface area contributed by atoms with E-state index >= 15 is 0 Å². The zero-order chi connectivity index (χ0) is 11.0. The van der Waals surface area contributed by atoms with E-state index in [-0.39, 0.29) is 0 Å². The average Bonchev–Trinajstić information content (AvgIpc) is 2.19. The summed E-state index contributed by atoms with van der Waals surface area (Å²) >= 11 is -0.827. The molecular formula is C14H17I. The zero-order valence-electron chi connectivity index (χ0n) is 9.76. The van der Waals surface area contributed by atoms with Gasteiger partial charge in [0.1, 0.15) is 0 Å². The first kappa shape index (κ1) is 10.9. The first-order valence-corrected chi connectivity index (χ1v) is 10.5. The van der Waals surface area contributed by atoms with Gasteiger partial charge in [0.2, 0.25) is 0 Å². The Balaban J connectivity index is 2.66. The van der Waals surface area contributed by atoms with Gasteiger partial charge in [-0.3, -0.25) is 0 Å². The zero-order valence-corrected chi connectivity index (χ0v) is 11.9. The minimum atomic E-state index is -0.827. The summed E-state index contributed by atoms with van der Waals surface area (Å²) in [6.07, 6.45) is 0. The van der Waals surface area contributed by atoms with Crippen LogP contribution in [0.2, 0.25) is 0 Å². The number of halogens is 1. The molecule has 0 N–H and O–H groups in total. The summed E-state index contributed by atoms with van der Waals surface area (Å²) < 4.78 is 1.58. The number of benzene rings is 2. The number of hydrogen-bond donors (Lipinski definition) is 0. The fourth-order valence-corrected chi connectivity index (χ4v) is 3.59. The van der Waals surface area contributed by atoms with Crippen LogP contribution < -0.4 is 0 Å². The van der Waals surface area contributed by atoms with E-state index in [0.29, 0.717) is 0 Å². The molecule has 0 radical (unpaired) electrons. The maximum absolute atomic E-state index is 2.39. The van der Waals surface area contributed by atoms with Crippen molar-refractivity contribution in [1.29, 1.82) is 0 Å². The van der Waals surface area contributed by atoms with Crippen LogP contribution in [0.4, 0.5) is 0 Å². The molecule has 0 saturated heterocycles. The molecule has 0 saturated carbocycles. The molecule has 1 heteroatoms. The van der Waals surface area contributed by atoms with E-state index in [1.165, 1.54) is 21.9 Å². The van der Waals surface area contributed by atoms with Gasteiger partial charge in [0, 0.05) is 0 Å². The molecule has 0 atom stereocenters. The van der Waals surface area contributed by atoms with Gasteiger partial charge >= 0.3 is 99.3 Å². The van der Waals surface area contributed by atoms with Crippen LogP contribution in [0, 0.1) is 17.4 Å². The SMILES string of the molecule is Cc1cc2ccc(I(C)C)cc2cc1C. The Morgan fingerprint density at radius 2 is 1.40 bits per heavy atom. The molecule has 0 aliphatic heterocycles. The molecule has 0 spiro atoms. The molecule has 0 aliphatic carbocycles. The summed E-state index contributed by atoms with van der Waals surface area (Å²) in [5.41, 5.74) is 2.78. The van der Waals surface area contributed by atoms with Crippen molar-refractivity contribution in [2.45, 2.75) is 13.8 Å². The molecule has 0 nitrogen and oxygen atoms in total. The topological polar surface area (TPSA) is 0 Å². The molecule has 0 bridgehead atoms. The second-order valence-corrected chi connectivity index (χ2v) is 9.74. The number of alkyl halides is 2. The first-order chi connectivity index (χ1) is 7.08. The third-order valence-electron chi connectivity index (χ3n) is 2.85. The van der Waals surface area contributed by atoms with Crippen LogP contribution in [-0.2, 0) is 0 Å². The second-order valence-electron chi connectivity index (χ2n) is 4.18. The Bertz CT molecular complexity index is 498. The van der Waals surface area contributed by atoms with Crippen molar-refractivity contribution >= 4 is 30.6 Å². The predicted octanol–water partition coefficient (Wildman–Crippen LogP) is 4.39. The Morgan fingerprint density at radius 3 is 2.00 bits per heavy atom. The van der Waals surface area contributed by atoms with Crippen molar-refractivity contribution in [2.75, 3.05) is 9.86 Å². The van der Waals surface area contributed by atoms with Gasteiger partial charge < -0.3 is 0 Å². The number of hydrogen-bond acceptors (Lipinski definition) is 0. The predicted molar refractivity (Wildman–Crippen MR) is 78.0 cm³/mol. The van der Waals surface area contributed by atoms with Crippen LogP contribution in [-0.4, -0.2) is 9.86 Å². The van der Waals surface area contributed by atoms with Gasteiger partial charge in [-0.25, -0.2) is 0 Å². The first-order valence-electron chi connectivity index (χ1n) is 5.09. The quantitative estimate of drug-likeness (QED) is 0.541. The van der Waals surface area contributed by atoms with Crippen LogP contribution in [0.15, 0.2) is 30.3 Å². The Labute approximate surface area is 99.1 Å². The molecule has 2 aromatic carbocycles. The van der Waals surface area contributed by atoms with Gasteiger partial charge in [-0.15, -0.1) is 0 Å². The van der Waals surface area contributed by atoms with Crippen LogP contribution >= 0.6 is 19.8 Å². The monoisotopic (exact) mass is 312 g/mol. The van der Waals surface area contributed by atoms with Gasteiger partial charge in [-0.2, -0.15) is 0 Å². The van der Waals surface area contributed by atoms with Gasteiger partial charge in [-0.1, -0.05) is 0 Å². The summed E-state index contributed by atoms with van der Waals surface area (Å²) in [5.74, 6) is 0. The third kappa shape index (κ3) is 2.17. The fraction of sp³-hybridized carbons (Fsp3) is 0.286. The second kappa shape index (κ2) is 4.12. The standard InChI is InChI=1S/C14H17I/c1-10-7-12-5-6-14(15(3)4)9-13(12)8-11(10)2/h5-9H,1-4H3. The van der Waals surface area contributed by atoms with Gasteiger partial charge in [0.05, 0.1) is 0 Å². The van der Waals surface area contributed by atoms with Crippen molar-refractivity contribution in [3.63, 3.8) is 0 Å². The van der Waals surface area contributed by atoms with Crippen molar-refractivity contribution in [3.8, 4) is 0 Å². The van der Waals surface area contributed by atoms with Crippen LogP contribution in [0.3, 0.4) is 0 Å². The van der Waals surface area contributed by atoms with E-state index in [0.717, 1.165) is 0 Å². The van der Waals surface area contributed by atoms with Crippen LogP contribution in [0.1, 0.15) is 11.1 Å². The molecule has 0 fully saturated rings. The molecular weight excluding hydrogens is 295 g/mol. The fourth-order valence-electron chi connectivity index (χ4n) is 1.73. The molecule has 80 valence electrons. The van der Waals surface area contributed by atoms with Crippen molar-refractivity contribution in [1.82, 2.24) is 0 Å². The number of aryl methyl sites for hydroxylation is 2. The van der Waals surface area contributed by atoms with E-state index in [1.807, 2.05) is 0 Å². The van der Waals surface area contributed by atoms with Gasteiger partial charge in [0.25, 0.3) is 0 Å². The van der Waals surface area contributed by atoms with Gasteiger partial charge in [0.15, 0.2) is 0 Å². The van der Waals surface area contributed by atoms with Gasteiger partial charge in [-0.05, 0) is 0 Å². The number of rotatable bonds is 1. The molecule has 15 heavy (non-hydrogen) atoms. The Kier molecular flexibility index (Phi) is 3.01. The van der Waals surface area contributed by atoms with Crippen LogP contribution in [0.25, 0.3) is 10.8 Å². The summed E-state index contributed by atoms with van der Waals surface area (Å²) in [4.78, 5) is 4.79.